The van der Waals surface area contributed by atoms with Crippen molar-refractivity contribution >= 4 is 22.6 Å². The largest absolute Gasteiger partial charge is 0.380 e. The molecular formula is C18H21FN4O2. The first kappa shape index (κ1) is 16.2. The first-order chi connectivity index (χ1) is 12.2. The van der Waals surface area contributed by atoms with Crippen molar-refractivity contribution < 1.29 is 13.9 Å². The Labute approximate surface area is 145 Å². The number of benzene rings is 1. The van der Waals surface area contributed by atoms with Crippen molar-refractivity contribution in [2.24, 2.45) is 0 Å². The van der Waals surface area contributed by atoms with Crippen LogP contribution in [-0.2, 0) is 9.53 Å². The summed E-state index contributed by atoms with van der Waals surface area (Å²) in [5.41, 5.74) is 0.666. The van der Waals surface area contributed by atoms with Crippen LogP contribution in [-0.4, -0.2) is 59.7 Å². The first-order valence-electron chi connectivity index (χ1n) is 8.66. The van der Waals surface area contributed by atoms with Crippen LogP contribution < -0.4 is 4.90 Å². The van der Waals surface area contributed by atoms with Crippen LogP contribution in [0.4, 0.5) is 10.2 Å². The fraction of sp³-hybridized carbons (Fsp3) is 0.500. The van der Waals surface area contributed by atoms with E-state index in [2.05, 4.69) is 9.97 Å². The van der Waals surface area contributed by atoms with E-state index in [0.717, 1.165) is 25.9 Å². The van der Waals surface area contributed by atoms with Gasteiger partial charge in [0.2, 0.25) is 5.91 Å². The number of ether oxygens (including phenoxy) is 1. The lowest BCUT2D eigenvalue weighted by molar-refractivity contribution is -0.131. The highest BCUT2D eigenvalue weighted by atomic mass is 19.1. The normalized spacial score (nSPS) is 23.6. The molecule has 0 radical (unpaired) electrons. The number of amides is 1. The van der Waals surface area contributed by atoms with Gasteiger partial charge >= 0.3 is 0 Å². The van der Waals surface area contributed by atoms with E-state index in [0.29, 0.717) is 29.7 Å². The number of carbonyl (C=O) groups excluding carboxylic acids is 1. The van der Waals surface area contributed by atoms with Crippen LogP contribution >= 0.6 is 0 Å². The minimum atomic E-state index is -0.339. The van der Waals surface area contributed by atoms with E-state index < -0.39 is 0 Å². The van der Waals surface area contributed by atoms with E-state index in [9.17, 15) is 9.18 Å². The lowest BCUT2D eigenvalue weighted by Crippen LogP contribution is -2.45. The number of fused-ring (bicyclic) bond motifs is 1. The lowest BCUT2D eigenvalue weighted by Gasteiger charge is -2.28. The molecule has 3 heterocycles. The minimum absolute atomic E-state index is 0.0462. The summed E-state index contributed by atoms with van der Waals surface area (Å²) < 4.78 is 19.3. The van der Waals surface area contributed by atoms with Gasteiger partial charge in [-0.15, -0.1) is 0 Å². The van der Waals surface area contributed by atoms with Gasteiger partial charge in [0.25, 0.3) is 0 Å². The third-order valence-corrected chi connectivity index (χ3v) is 5.15. The maximum absolute atomic E-state index is 13.8. The van der Waals surface area contributed by atoms with Crippen molar-refractivity contribution in [1.29, 1.82) is 0 Å². The molecule has 2 fully saturated rings. The zero-order valence-corrected chi connectivity index (χ0v) is 14.2. The zero-order chi connectivity index (χ0) is 17.4. The van der Waals surface area contributed by atoms with Crippen molar-refractivity contribution in [3.63, 3.8) is 0 Å². The third-order valence-electron chi connectivity index (χ3n) is 5.15. The maximum atomic E-state index is 13.8. The van der Waals surface area contributed by atoms with Crippen LogP contribution in [0, 0.1) is 5.82 Å². The fourth-order valence-corrected chi connectivity index (χ4v) is 3.83. The van der Waals surface area contributed by atoms with E-state index >= 15 is 0 Å². The van der Waals surface area contributed by atoms with Gasteiger partial charge in [0.15, 0.2) is 0 Å². The summed E-state index contributed by atoms with van der Waals surface area (Å²) in [4.78, 5) is 25.5. The fourth-order valence-electron chi connectivity index (χ4n) is 3.83. The van der Waals surface area contributed by atoms with E-state index in [1.165, 1.54) is 18.5 Å². The van der Waals surface area contributed by atoms with E-state index in [4.69, 9.17) is 4.74 Å². The molecule has 0 spiro atoms. The van der Waals surface area contributed by atoms with Crippen LogP contribution in [0.5, 0.6) is 0 Å². The quantitative estimate of drug-likeness (QED) is 0.852. The van der Waals surface area contributed by atoms with Gasteiger partial charge in [0.1, 0.15) is 24.0 Å². The molecule has 6 nitrogen and oxygen atoms in total. The molecule has 7 heteroatoms. The van der Waals surface area contributed by atoms with Gasteiger partial charge in [-0.05, 0) is 31.0 Å². The monoisotopic (exact) mass is 344 g/mol. The topological polar surface area (TPSA) is 58.6 Å². The summed E-state index contributed by atoms with van der Waals surface area (Å²) in [5.74, 6) is 0.371. The Morgan fingerprint density at radius 1 is 1.28 bits per heavy atom. The molecule has 1 aromatic carbocycles. The molecule has 2 aromatic rings. The predicted octanol–water partition coefficient (Wildman–Crippen LogP) is 1.98. The summed E-state index contributed by atoms with van der Waals surface area (Å²) >= 11 is 0. The SMILES string of the molecule is CO[C@H]1C[C@@H](C(=O)N2CCCC2)N(c2ncnc3ccc(F)cc23)C1. The number of methoxy groups -OCH3 is 1. The molecule has 0 unspecified atom stereocenters. The molecule has 1 aromatic heterocycles. The highest BCUT2D eigenvalue weighted by Gasteiger charge is 2.40. The molecule has 1 amide bonds. The molecule has 4 rings (SSSR count). The minimum Gasteiger partial charge on any atom is -0.380 e. The van der Waals surface area contributed by atoms with Crippen molar-refractivity contribution in [1.82, 2.24) is 14.9 Å². The van der Waals surface area contributed by atoms with Gasteiger partial charge in [-0.2, -0.15) is 0 Å². The Morgan fingerprint density at radius 3 is 2.84 bits per heavy atom. The molecule has 2 atom stereocenters. The van der Waals surface area contributed by atoms with E-state index in [1.807, 2.05) is 9.80 Å². The van der Waals surface area contributed by atoms with Gasteiger partial charge in [-0.3, -0.25) is 4.79 Å². The summed E-state index contributed by atoms with van der Waals surface area (Å²) in [6.07, 6.45) is 4.14. The second kappa shape index (κ2) is 6.55. The molecule has 2 saturated heterocycles. The average molecular weight is 344 g/mol. The molecule has 25 heavy (non-hydrogen) atoms. The van der Waals surface area contributed by atoms with Crippen LogP contribution in [0.1, 0.15) is 19.3 Å². The molecule has 2 aliphatic heterocycles. The summed E-state index contributed by atoms with van der Waals surface area (Å²) in [6.45, 7) is 2.17. The first-order valence-corrected chi connectivity index (χ1v) is 8.66. The van der Waals surface area contributed by atoms with Crippen LogP contribution in [0.15, 0.2) is 24.5 Å². The highest BCUT2D eigenvalue weighted by Crippen LogP contribution is 2.32. The molecule has 0 bridgehead atoms. The third kappa shape index (κ3) is 2.93. The number of halogens is 1. The number of rotatable bonds is 3. The standard InChI is InChI=1S/C18H21FN4O2/c1-25-13-9-16(18(24)22-6-2-3-7-22)23(10-13)17-14-8-12(19)4-5-15(14)20-11-21-17/h4-5,8,11,13,16H,2-3,6-7,9-10H2,1H3/t13-,16-/m0/s1. The molecule has 2 aliphatic rings. The molecule has 0 saturated carbocycles. The number of aromatic nitrogens is 2. The van der Waals surface area contributed by atoms with Crippen molar-refractivity contribution in [3.05, 3.63) is 30.3 Å². The Kier molecular flexibility index (Phi) is 4.25. The second-order valence-electron chi connectivity index (χ2n) is 6.65. The highest BCUT2D eigenvalue weighted by molar-refractivity contribution is 5.93. The van der Waals surface area contributed by atoms with Crippen molar-refractivity contribution in [2.45, 2.75) is 31.4 Å². The van der Waals surface area contributed by atoms with Crippen LogP contribution in [0.3, 0.4) is 0 Å². The zero-order valence-electron chi connectivity index (χ0n) is 14.2. The van der Waals surface area contributed by atoms with Gasteiger partial charge in [0.05, 0.1) is 11.6 Å². The van der Waals surface area contributed by atoms with Gasteiger partial charge < -0.3 is 14.5 Å². The van der Waals surface area contributed by atoms with Gasteiger partial charge in [-0.25, -0.2) is 14.4 Å². The number of hydrogen-bond acceptors (Lipinski definition) is 5. The summed E-state index contributed by atoms with van der Waals surface area (Å²) in [7, 11) is 1.66. The van der Waals surface area contributed by atoms with Crippen molar-refractivity contribution in [3.8, 4) is 0 Å². The number of anilines is 1. The van der Waals surface area contributed by atoms with Crippen molar-refractivity contribution in [2.75, 3.05) is 31.6 Å². The van der Waals surface area contributed by atoms with E-state index in [1.54, 1.807) is 13.2 Å². The molecule has 132 valence electrons. The average Bonchev–Trinajstić information content (AvgIpc) is 3.30. The number of nitrogens with zero attached hydrogens (tertiary/aromatic N) is 4. The van der Waals surface area contributed by atoms with Crippen LogP contribution in [0.25, 0.3) is 10.9 Å². The molecular weight excluding hydrogens is 323 g/mol. The number of hydrogen-bond donors (Lipinski definition) is 0. The summed E-state index contributed by atoms with van der Waals surface area (Å²) in [6, 6.07) is 4.12. The number of likely N-dealkylation sites (tertiary alicyclic amines) is 1. The molecule has 0 aliphatic carbocycles. The lowest BCUT2D eigenvalue weighted by atomic mass is 10.1. The van der Waals surface area contributed by atoms with Gasteiger partial charge in [0, 0.05) is 38.6 Å². The smallest absolute Gasteiger partial charge is 0.245 e. The maximum Gasteiger partial charge on any atom is 0.245 e. The summed E-state index contributed by atoms with van der Waals surface area (Å²) in [5, 5.41) is 0.624. The predicted molar refractivity (Wildman–Crippen MR) is 91.9 cm³/mol. The Bertz CT molecular complexity index is 794. The Morgan fingerprint density at radius 2 is 2.08 bits per heavy atom. The van der Waals surface area contributed by atoms with Crippen LogP contribution in [0.2, 0.25) is 0 Å². The second-order valence-corrected chi connectivity index (χ2v) is 6.65. The number of carbonyl (C=O) groups is 1. The van der Waals surface area contributed by atoms with E-state index in [-0.39, 0.29) is 23.9 Å². The molecule has 0 N–H and O–H groups in total. The Hall–Kier alpha value is -2.28. The van der Waals surface area contributed by atoms with Gasteiger partial charge in [-0.1, -0.05) is 0 Å². The Balaban J connectivity index is 1.73.